The van der Waals surface area contributed by atoms with Crippen LogP contribution in [0.1, 0.15) is 26.2 Å². The molecule has 1 aliphatic rings. The first kappa shape index (κ1) is 14.1. The molecule has 1 heterocycles. The molecule has 1 saturated heterocycles. The molecular formula is C10H25NO2Si. The summed E-state index contributed by atoms with van der Waals surface area (Å²) in [7, 11) is 2.09. The molecule has 0 bridgehead atoms. The van der Waals surface area contributed by atoms with Crippen molar-refractivity contribution in [3.8, 4) is 0 Å². The van der Waals surface area contributed by atoms with Crippen molar-refractivity contribution in [2.75, 3.05) is 27.3 Å². The van der Waals surface area contributed by atoms with E-state index < -0.39 is 8.56 Å². The van der Waals surface area contributed by atoms with Gasteiger partial charge in [-0.05, 0) is 45.9 Å². The minimum absolute atomic E-state index is 0.878. The fraction of sp³-hybridized carbons (Fsp3) is 1.00. The molecule has 1 unspecified atom stereocenters. The summed E-state index contributed by atoms with van der Waals surface area (Å²) < 4.78 is 11.4. The Morgan fingerprint density at radius 2 is 2.00 bits per heavy atom. The molecule has 0 aliphatic carbocycles. The highest BCUT2D eigenvalue weighted by atomic mass is 28.4. The van der Waals surface area contributed by atoms with Crippen LogP contribution in [-0.2, 0) is 8.85 Å². The predicted octanol–water partition coefficient (Wildman–Crippen LogP) is 2.13. The largest absolute Gasteiger partial charge is 0.394 e. The summed E-state index contributed by atoms with van der Waals surface area (Å²) in [6.45, 7) is 6.12. The summed E-state index contributed by atoms with van der Waals surface area (Å²) in [5.74, 6) is 0. The molecule has 14 heavy (non-hydrogen) atoms. The van der Waals surface area contributed by atoms with Gasteiger partial charge in [0.15, 0.2) is 0 Å². The number of hydrogen-bond donors (Lipinski definition) is 1. The lowest BCUT2D eigenvalue weighted by Gasteiger charge is -2.30. The van der Waals surface area contributed by atoms with Crippen LogP contribution in [0.3, 0.4) is 0 Å². The first-order valence-corrected chi connectivity index (χ1v) is 8.07. The second-order valence-corrected chi connectivity index (χ2v) is 7.13. The Kier molecular flexibility index (Phi) is 8.47. The summed E-state index contributed by atoms with van der Waals surface area (Å²) >= 11 is 0. The molecular weight excluding hydrogens is 194 g/mol. The van der Waals surface area contributed by atoms with Gasteiger partial charge in [-0.1, -0.05) is 6.92 Å². The molecule has 0 aromatic heterocycles. The van der Waals surface area contributed by atoms with Gasteiger partial charge < -0.3 is 14.2 Å². The van der Waals surface area contributed by atoms with Crippen LogP contribution in [0.2, 0.25) is 12.6 Å². The van der Waals surface area contributed by atoms with Crippen LogP contribution in [0, 0.1) is 0 Å². The van der Waals surface area contributed by atoms with E-state index in [1.807, 2.05) is 14.1 Å². The second-order valence-electron chi connectivity index (χ2n) is 3.79. The van der Waals surface area contributed by atoms with Gasteiger partial charge in [0.25, 0.3) is 0 Å². The topological polar surface area (TPSA) is 30.5 Å². The van der Waals surface area contributed by atoms with Crippen molar-refractivity contribution in [2.45, 2.75) is 38.8 Å². The van der Waals surface area contributed by atoms with Gasteiger partial charge in [-0.2, -0.15) is 0 Å². The van der Waals surface area contributed by atoms with Crippen molar-refractivity contribution in [3.05, 3.63) is 0 Å². The van der Waals surface area contributed by atoms with E-state index in [2.05, 4.69) is 18.8 Å². The van der Waals surface area contributed by atoms with Crippen LogP contribution >= 0.6 is 0 Å². The van der Waals surface area contributed by atoms with Gasteiger partial charge in [-0.3, -0.25) is 0 Å². The fourth-order valence-corrected chi connectivity index (χ4v) is 3.82. The molecule has 0 aromatic rings. The second kappa shape index (κ2) is 8.41. The standard InChI is InChI=1S/C8H18O2Si.C2H7N/c1-3-6-9-11(2)8-5-4-7-10-11;1-3-2/h3-8H2,1-2H3;3H,1-2H3. The van der Waals surface area contributed by atoms with Crippen molar-refractivity contribution in [2.24, 2.45) is 0 Å². The number of hydrogen-bond acceptors (Lipinski definition) is 3. The molecule has 4 heteroatoms. The Hall–Kier alpha value is 0.0969. The highest BCUT2D eigenvalue weighted by Crippen LogP contribution is 2.22. The third-order valence-corrected chi connectivity index (χ3v) is 4.94. The molecule has 0 aromatic carbocycles. The molecule has 1 aliphatic heterocycles. The van der Waals surface area contributed by atoms with Gasteiger partial charge in [-0.25, -0.2) is 0 Å². The average molecular weight is 219 g/mol. The third-order valence-electron chi connectivity index (χ3n) is 2.04. The molecule has 0 spiro atoms. The lowest BCUT2D eigenvalue weighted by Crippen LogP contribution is -2.41. The van der Waals surface area contributed by atoms with Crippen LogP contribution < -0.4 is 5.32 Å². The van der Waals surface area contributed by atoms with E-state index in [4.69, 9.17) is 8.85 Å². The monoisotopic (exact) mass is 219 g/mol. The highest BCUT2D eigenvalue weighted by molar-refractivity contribution is 6.66. The summed E-state index contributed by atoms with van der Waals surface area (Å²) in [4.78, 5) is 0. The first-order valence-electron chi connectivity index (χ1n) is 5.55. The molecule has 1 atom stereocenters. The zero-order valence-corrected chi connectivity index (χ0v) is 11.1. The summed E-state index contributed by atoms with van der Waals surface area (Å²) in [6, 6.07) is 1.19. The van der Waals surface area contributed by atoms with Gasteiger partial charge in [0.1, 0.15) is 0 Å². The Morgan fingerprint density at radius 3 is 2.43 bits per heavy atom. The van der Waals surface area contributed by atoms with E-state index in [1.165, 1.54) is 18.9 Å². The molecule has 86 valence electrons. The maximum atomic E-state index is 5.74. The lowest BCUT2D eigenvalue weighted by atomic mass is 10.4. The summed E-state index contributed by atoms with van der Waals surface area (Å²) in [5.41, 5.74) is 0. The Bertz CT molecular complexity index is 127. The van der Waals surface area contributed by atoms with Crippen molar-refractivity contribution in [1.82, 2.24) is 5.32 Å². The first-order chi connectivity index (χ1) is 6.68. The van der Waals surface area contributed by atoms with E-state index >= 15 is 0 Å². The van der Waals surface area contributed by atoms with Gasteiger partial charge >= 0.3 is 8.56 Å². The van der Waals surface area contributed by atoms with Crippen molar-refractivity contribution < 1.29 is 8.85 Å². The van der Waals surface area contributed by atoms with Crippen molar-refractivity contribution in [3.63, 3.8) is 0 Å². The minimum Gasteiger partial charge on any atom is -0.394 e. The van der Waals surface area contributed by atoms with Crippen LogP contribution in [0.25, 0.3) is 0 Å². The molecule has 1 N–H and O–H groups in total. The maximum absolute atomic E-state index is 5.74. The molecule has 0 radical (unpaired) electrons. The van der Waals surface area contributed by atoms with Gasteiger partial charge in [0.2, 0.25) is 0 Å². The average Bonchev–Trinajstić information content (AvgIpc) is 2.17. The highest BCUT2D eigenvalue weighted by Gasteiger charge is 2.33. The third kappa shape index (κ3) is 6.54. The van der Waals surface area contributed by atoms with Gasteiger partial charge in [0, 0.05) is 13.2 Å². The van der Waals surface area contributed by atoms with Crippen molar-refractivity contribution >= 4 is 8.56 Å². The maximum Gasteiger partial charge on any atom is 0.334 e. The Labute approximate surface area is 89.4 Å². The number of rotatable bonds is 3. The predicted molar refractivity (Wildman–Crippen MR) is 62.8 cm³/mol. The molecule has 0 amide bonds. The van der Waals surface area contributed by atoms with Crippen LogP contribution in [0.5, 0.6) is 0 Å². The van der Waals surface area contributed by atoms with Crippen LogP contribution in [0.15, 0.2) is 0 Å². The summed E-state index contributed by atoms with van der Waals surface area (Å²) in [6.07, 6.45) is 3.62. The Morgan fingerprint density at radius 1 is 1.36 bits per heavy atom. The van der Waals surface area contributed by atoms with E-state index in [-0.39, 0.29) is 0 Å². The fourth-order valence-electron chi connectivity index (χ4n) is 1.34. The quantitative estimate of drug-likeness (QED) is 0.738. The van der Waals surface area contributed by atoms with Crippen molar-refractivity contribution in [1.29, 1.82) is 0 Å². The van der Waals surface area contributed by atoms with E-state index in [1.54, 1.807) is 0 Å². The van der Waals surface area contributed by atoms with Crippen LogP contribution in [0.4, 0.5) is 0 Å². The SMILES string of the molecule is CCCO[Si]1(C)CCCCO1.CNC. The summed E-state index contributed by atoms with van der Waals surface area (Å²) in [5, 5.41) is 2.75. The van der Waals surface area contributed by atoms with Crippen LogP contribution in [-0.4, -0.2) is 35.9 Å². The molecule has 0 saturated carbocycles. The Balaban J connectivity index is 0.000000500. The molecule has 1 rings (SSSR count). The van der Waals surface area contributed by atoms with Gasteiger partial charge in [-0.15, -0.1) is 0 Å². The van der Waals surface area contributed by atoms with Gasteiger partial charge in [0.05, 0.1) is 0 Å². The zero-order chi connectivity index (χ0) is 10.9. The smallest absolute Gasteiger partial charge is 0.334 e. The lowest BCUT2D eigenvalue weighted by molar-refractivity contribution is 0.154. The minimum atomic E-state index is -1.66. The van der Waals surface area contributed by atoms with E-state index in [0.29, 0.717) is 0 Å². The van der Waals surface area contributed by atoms with E-state index in [0.717, 1.165) is 19.6 Å². The van der Waals surface area contributed by atoms with E-state index in [9.17, 15) is 0 Å². The molecule has 3 nitrogen and oxygen atoms in total. The molecule has 1 fully saturated rings. The zero-order valence-electron chi connectivity index (χ0n) is 10.1. The number of nitrogens with one attached hydrogen (secondary N) is 1. The normalized spacial score (nSPS) is 26.6.